The average Bonchev–Trinajstić information content (AvgIpc) is 3.29. The van der Waals surface area contributed by atoms with Gasteiger partial charge in [-0.05, 0) is 51.8 Å². The first kappa shape index (κ1) is 24.6. The number of rotatable bonds is 5. The van der Waals surface area contributed by atoms with Gasteiger partial charge in [-0.3, -0.25) is 14.2 Å². The first-order valence-corrected chi connectivity index (χ1v) is 11.4. The summed E-state index contributed by atoms with van der Waals surface area (Å²) in [5.74, 6) is -0.0268. The van der Waals surface area contributed by atoms with Gasteiger partial charge in [-0.1, -0.05) is 32.4 Å². The summed E-state index contributed by atoms with van der Waals surface area (Å²) in [7, 11) is 2.00. The van der Waals surface area contributed by atoms with Crippen molar-refractivity contribution in [3.63, 3.8) is 0 Å². The lowest BCUT2D eigenvalue weighted by molar-refractivity contribution is 0.0883. The molecule has 0 aliphatic carbocycles. The minimum Gasteiger partial charge on any atom is -0.407 e. The lowest BCUT2D eigenvalue weighted by Crippen LogP contribution is -2.38. The van der Waals surface area contributed by atoms with Crippen LogP contribution in [0.4, 0.5) is 0 Å². The summed E-state index contributed by atoms with van der Waals surface area (Å²) < 4.78 is 9.94. The molecule has 2 aromatic rings. The van der Waals surface area contributed by atoms with E-state index in [4.69, 9.17) is 21.2 Å². The monoisotopic (exact) mass is 462 g/mol. The number of ether oxygens (including phenoxy) is 1. The van der Waals surface area contributed by atoms with E-state index in [2.05, 4.69) is 35.9 Å². The molecule has 0 unspecified atom stereocenters. The van der Waals surface area contributed by atoms with Gasteiger partial charge in [0, 0.05) is 41.4 Å². The quantitative estimate of drug-likeness (QED) is 0.669. The van der Waals surface area contributed by atoms with Gasteiger partial charge in [0.1, 0.15) is 0 Å². The Labute approximate surface area is 195 Å². The van der Waals surface area contributed by atoms with Crippen LogP contribution in [0.1, 0.15) is 70.4 Å². The van der Waals surface area contributed by atoms with E-state index in [0.29, 0.717) is 28.4 Å². The Hall–Kier alpha value is -2.09. The van der Waals surface area contributed by atoms with Gasteiger partial charge in [-0.15, -0.1) is 0 Å². The Morgan fingerprint density at radius 3 is 2.56 bits per heavy atom. The molecule has 1 aromatic heterocycles. The van der Waals surface area contributed by atoms with Crippen LogP contribution in [0.2, 0.25) is 5.02 Å². The molecule has 0 saturated carbocycles. The lowest BCUT2D eigenvalue weighted by atomic mass is 9.92. The lowest BCUT2D eigenvalue weighted by Gasteiger charge is -2.21. The summed E-state index contributed by atoms with van der Waals surface area (Å²) in [6.07, 6.45) is 2.17. The number of hydrogen-bond acceptors (Lipinski definition) is 4. The molecule has 1 aliphatic rings. The molecule has 1 atom stereocenters. The molecule has 1 amide bonds. The van der Waals surface area contributed by atoms with Crippen molar-refractivity contribution in [1.29, 1.82) is 0 Å². The van der Waals surface area contributed by atoms with E-state index in [1.165, 1.54) is 0 Å². The Bertz CT molecular complexity index is 1030. The first-order valence-electron chi connectivity index (χ1n) is 11.1. The third kappa shape index (κ3) is 6.03. The maximum Gasteiger partial charge on any atom is 0.282 e. The maximum absolute atomic E-state index is 13.3. The molecule has 8 heteroatoms. The third-order valence-electron chi connectivity index (χ3n) is 5.27. The van der Waals surface area contributed by atoms with Crippen LogP contribution in [0.5, 0.6) is 5.75 Å². The highest BCUT2D eigenvalue weighted by Crippen LogP contribution is 2.25. The van der Waals surface area contributed by atoms with Crippen molar-refractivity contribution in [2.24, 2.45) is 12.0 Å². The van der Waals surface area contributed by atoms with Gasteiger partial charge in [0.25, 0.3) is 5.91 Å². The molecule has 1 saturated heterocycles. The van der Waals surface area contributed by atoms with Crippen LogP contribution in [-0.4, -0.2) is 33.5 Å². The fraction of sp³-hybridized carbons (Fsp3) is 0.583. The molecule has 2 heterocycles. The highest BCUT2D eigenvalue weighted by atomic mass is 35.5. The van der Waals surface area contributed by atoms with Gasteiger partial charge in [0.15, 0.2) is 11.2 Å². The van der Waals surface area contributed by atoms with E-state index in [1.807, 2.05) is 38.6 Å². The molecule has 3 rings (SSSR count). The second-order valence-electron chi connectivity index (χ2n) is 10.4. The first-order chi connectivity index (χ1) is 14.8. The topological polar surface area (TPSA) is 69.8 Å². The molecule has 0 spiro atoms. The predicted octanol–water partition coefficient (Wildman–Crippen LogP) is 4.38. The van der Waals surface area contributed by atoms with Crippen LogP contribution in [0.15, 0.2) is 29.3 Å². The molecule has 1 N–H and O–H groups in total. The summed E-state index contributed by atoms with van der Waals surface area (Å²) in [5.41, 5.74) is 4.53. The number of hydrogen-bond donors (Lipinski definition) is 1. The SMILES string of the molecule is Cn1c(C(C)(C)C)c/c(=N\C(=O)c2cc(Cl)ccc2ONC(C)(C)C)n1C[C@H]1CCCO1. The van der Waals surface area contributed by atoms with Crippen molar-refractivity contribution < 1.29 is 14.4 Å². The zero-order chi connectivity index (χ0) is 23.7. The van der Waals surface area contributed by atoms with E-state index in [0.717, 1.165) is 25.1 Å². The van der Waals surface area contributed by atoms with Crippen LogP contribution >= 0.6 is 11.6 Å². The Morgan fingerprint density at radius 1 is 1.25 bits per heavy atom. The molecule has 1 aromatic carbocycles. The van der Waals surface area contributed by atoms with Gasteiger partial charge < -0.3 is 9.57 Å². The van der Waals surface area contributed by atoms with Crippen molar-refractivity contribution in [2.45, 2.75) is 78.0 Å². The highest BCUT2D eigenvalue weighted by Gasteiger charge is 2.24. The Morgan fingerprint density at radius 2 is 1.97 bits per heavy atom. The number of aromatic nitrogens is 2. The summed E-state index contributed by atoms with van der Waals surface area (Å²) in [6.45, 7) is 13.8. The third-order valence-corrected chi connectivity index (χ3v) is 5.50. The number of hydroxylamine groups is 1. The summed E-state index contributed by atoms with van der Waals surface area (Å²) in [5, 5.41) is 0.447. The largest absolute Gasteiger partial charge is 0.407 e. The molecule has 7 nitrogen and oxygen atoms in total. The summed E-state index contributed by atoms with van der Waals surface area (Å²) in [6, 6.07) is 6.93. The number of nitrogens with one attached hydrogen (secondary N) is 1. The minimum atomic E-state index is -0.412. The number of halogens is 1. The van der Waals surface area contributed by atoms with E-state index in [9.17, 15) is 4.79 Å². The Kier molecular flexibility index (Phi) is 7.22. The number of benzene rings is 1. The number of nitrogens with zero attached hydrogens (tertiary/aromatic N) is 3. The maximum atomic E-state index is 13.3. The van der Waals surface area contributed by atoms with Crippen molar-refractivity contribution >= 4 is 17.5 Å². The fourth-order valence-electron chi connectivity index (χ4n) is 3.69. The number of amides is 1. The zero-order valence-corrected chi connectivity index (χ0v) is 20.9. The van der Waals surface area contributed by atoms with Gasteiger partial charge in [-0.2, -0.15) is 10.5 Å². The van der Waals surface area contributed by atoms with Gasteiger partial charge >= 0.3 is 0 Å². The van der Waals surface area contributed by atoms with E-state index in [1.54, 1.807) is 18.2 Å². The van der Waals surface area contributed by atoms with E-state index < -0.39 is 5.91 Å². The van der Waals surface area contributed by atoms with Crippen LogP contribution in [0.25, 0.3) is 0 Å². The van der Waals surface area contributed by atoms with Gasteiger partial charge in [-0.25, -0.2) is 0 Å². The predicted molar refractivity (Wildman–Crippen MR) is 126 cm³/mol. The smallest absolute Gasteiger partial charge is 0.282 e. The number of carbonyl (C=O) groups is 1. The highest BCUT2D eigenvalue weighted by molar-refractivity contribution is 6.31. The standard InChI is InChI=1S/C24H35ClN4O3/c1-23(2,3)20-14-21(29(28(20)7)15-17-9-8-12-31-17)26-22(30)18-13-16(25)10-11-19(18)32-27-24(4,5)6/h10-11,13-14,17,27H,8-9,12,15H2,1-7H3/b26-21+/t17-/m1/s1. The Balaban J connectivity index is 2.03. The molecule has 176 valence electrons. The average molecular weight is 463 g/mol. The van der Waals surface area contributed by atoms with Crippen LogP contribution in [0.3, 0.4) is 0 Å². The minimum absolute atomic E-state index is 0.106. The van der Waals surface area contributed by atoms with Crippen LogP contribution in [-0.2, 0) is 23.7 Å². The molecule has 32 heavy (non-hydrogen) atoms. The number of carbonyl (C=O) groups excluding carboxylic acids is 1. The summed E-state index contributed by atoms with van der Waals surface area (Å²) in [4.78, 5) is 23.5. The van der Waals surface area contributed by atoms with Gasteiger partial charge in [0.05, 0.1) is 18.2 Å². The molecule has 1 fully saturated rings. The van der Waals surface area contributed by atoms with Crippen molar-refractivity contribution in [3.8, 4) is 5.75 Å². The second-order valence-corrected chi connectivity index (χ2v) is 10.8. The van der Waals surface area contributed by atoms with Crippen molar-refractivity contribution in [3.05, 3.63) is 46.0 Å². The van der Waals surface area contributed by atoms with Crippen molar-refractivity contribution in [1.82, 2.24) is 14.8 Å². The molecular weight excluding hydrogens is 428 g/mol. The summed E-state index contributed by atoms with van der Waals surface area (Å²) >= 11 is 6.19. The molecule has 0 bridgehead atoms. The normalized spacial score (nSPS) is 17.8. The molecule has 1 aliphatic heterocycles. The zero-order valence-electron chi connectivity index (χ0n) is 20.2. The van der Waals surface area contributed by atoms with Gasteiger partial charge in [0.2, 0.25) is 0 Å². The molecular formula is C24H35ClN4O3. The second kappa shape index (κ2) is 9.41. The van der Waals surface area contributed by atoms with Crippen LogP contribution < -0.4 is 15.8 Å². The van der Waals surface area contributed by atoms with E-state index >= 15 is 0 Å². The van der Waals surface area contributed by atoms with E-state index in [-0.39, 0.29) is 17.1 Å². The van der Waals surface area contributed by atoms with Crippen molar-refractivity contribution in [2.75, 3.05) is 6.61 Å². The fourth-order valence-corrected chi connectivity index (χ4v) is 3.87. The van der Waals surface area contributed by atoms with Crippen LogP contribution in [0, 0.1) is 0 Å². The molecule has 0 radical (unpaired) electrons.